The van der Waals surface area contributed by atoms with Crippen LogP contribution in [0.15, 0.2) is 42.6 Å². The van der Waals surface area contributed by atoms with Gasteiger partial charge in [-0.15, -0.1) is 0 Å². The van der Waals surface area contributed by atoms with Crippen LogP contribution in [-0.2, 0) is 0 Å². The van der Waals surface area contributed by atoms with E-state index in [0.717, 1.165) is 27.9 Å². The van der Waals surface area contributed by atoms with E-state index in [9.17, 15) is 4.79 Å². The maximum atomic E-state index is 10.8. The standard InChI is InChI=1S/C19H17NO4S/c1-22-16-8-14(9-17(23-2)18(16)24-3)19-15(10-20-25-19)13-6-4-12(11-21)5-7-13/h4-11H,1-3H3. The number of benzene rings is 2. The van der Waals surface area contributed by atoms with Crippen molar-refractivity contribution in [2.75, 3.05) is 21.3 Å². The van der Waals surface area contributed by atoms with Crippen LogP contribution in [-0.4, -0.2) is 32.0 Å². The molecule has 1 aromatic heterocycles. The van der Waals surface area contributed by atoms with Crippen molar-refractivity contribution in [2.24, 2.45) is 0 Å². The van der Waals surface area contributed by atoms with E-state index in [4.69, 9.17) is 14.2 Å². The van der Waals surface area contributed by atoms with Gasteiger partial charge in [0.05, 0.1) is 26.2 Å². The number of nitrogens with zero attached hydrogens (tertiary/aromatic N) is 1. The number of carbonyl (C=O) groups is 1. The second kappa shape index (κ2) is 7.36. The van der Waals surface area contributed by atoms with Gasteiger partial charge in [-0.2, -0.15) is 4.37 Å². The zero-order valence-corrected chi connectivity index (χ0v) is 14.9. The van der Waals surface area contributed by atoms with Gasteiger partial charge in [-0.25, -0.2) is 0 Å². The number of carbonyl (C=O) groups excluding carboxylic acids is 1. The van der Waals surface area contributed by atoms with E-state index in [2.05, 4.69) is 4.37 Å². The summed E-state index contributed by atoms with van der Waals surface area (Å²) in [7, 11) is 4.76. The number of rotatable bonds is 6. The normalized spacial score (nSPS) is 10.4. The lowest BCUT2D eigenvalue weighted by atomic mass is 10.0. The molecule has 0 unspecified atom stereocenters. The van der Waals surface area contributed by atoms with E-state index in [-0.39, 0.29) is 0 Å². The summed E-state index contributed by atoms with van der Waals surface area (Å²) in [6, 6.07) is 11.2. The Morgan fingerprint density at radius 2 is 1.56 bits per heavy atom. The van der Waals surface area contributed by atoms with E-state index < -0.39 is 0 Å². The zero-order valence-electron chi connectivity index (χ0n) is 14.1. The molecule has 0 spiro atoms. The van der Waals surface area contributed by atoms with Gasteiger partial charge in [0.15, 0.2) is 11.5 Å². The molecule has 3 aromatic rings. The molecule has 0 aliphatic heterocycles. The topological polar surface area (TPSA) is 57.7 Å². The SMILES string of the molecule is COc1cc(-c2sncc2-c2ccc(C=O)cc2)cc(OC)c1OC. The molecule has 0 bridgehead atoms. The Bertz CT molecular complexity index is 862. The third kappa shape index (κ3) is 3.21. The van der Waals surface area contributed by atoms with Crippen molar-refractivity contribution in [1.82, 2.24) is 4.37 Å². The van der Waals surface area contributed by atoms with Gasteiger partial charge in [0.1, 0.15) is 6.29 Å². The lowest BCUT2D eigenvalue weighted by Gasteiger charge is -2.14. The zero-order chi connectivity index (χ0) is 17.8. The van der Waals surface area contributed by atoms with E-state index >= 15 is 0 Å². The van der Waals surface area contributed by atoms with Crippen LogP contribution >= 0.6 is 11.5 Å². The average molecular weight is 355 g/mol. The summed E-state index contributed by atoms with van der Waals surface area (Å²) in [5.41, 5.74) is 3.53. The fraction of sp³-hybridized carbons (Fsp3) is 0.158. The molecule has 0 N–H and O–H groups in total. The highest BCUT2D eigenvalue weighted by Crippen LogP contribution is 2.44. The summed E-state index contributed by atoms with van der Waals surface area (Å²) in [6.45, 7) is 0. The molecule has 25 heavy (non-hydrogen) atoms. The number of methoxy groups -OCH3 is 3. The van der Waals surface area contributed by atoms with Crippen LogP contribution in [0, 0.1) is 0 Å². The maximum Gasteiger partial charge on any atom is 0.203 e. The fourth-order valence-electron chi connectivity index (χ4n) is 2.61. The van der Waals surface area contributed by atoms with Crippen molar-refractivity contribution in [2.45, 2.75) is 0 Å². The smallest absolute Gasteiger partial charge is 0.203 e. The van der Waals surface area contributed by atoms with Crippen LogP contribution < -0.4 is 14.2 Å². The Hall–Kier alpha value is -2.86. The molecule has 6 heteroatoms. The van der Waals surface area contributed by atoms with Gasteiger partial charge in [-0.05, 0) is 29.2 Å². The van der Waals surface area contributed by atoms with Crippen molar-refractivity contribution < 1.29 is 19.0 Å². The van der Waals surface area contributed by atoms with Crippen molar-refractivity contribution in [3.05, 3.63) is 48.2 Å². The molecule has 0 saturated heterocycles. The molecule has 0 radical (unpaired) electrons. The summed E-state index contributed by atoms with van der Waals surface area (Å²) >= 11 is 1.39. The Morgan fingerprint density at radius 1 is 0.920 bits per heavy atom. The van der Waals surface area contributed by atoms with Gasteiger partial charge >= 0.3 is 0 Å². The molecule has 3 rings (SSSR count). The van der Waals surface area contributed by atoms with Crippen molar-refractivity contribution in [3.8, 4) is 38.8 Å². The third-order valence-corrected chi connectivity index (χ3v) is 4.70. The minimum absolute atomic E-state index is 0.551. The molecule has 0 fully saturated rings. The maximum absolute atomic E-state index is 10.8. The van der Waals surface area contributed by atoms with E-state index in [1.165, 1.54) is 11.5 Å². The summed E-state index contributed by atoms with van der Waals surface area (Å²) in [5.74, 6) is 1.73. The molecule has 0 amide bonds. The monoisotopic (exact) mass is 355 g/mol. The van der Waals surface area contributed by atoms with Crippen molar-refractivity contribution in [1.29, 1.82) is 0 Å². The van der Waals surface area contributed by atoms with E-state index in [1.54, 1.807) is 33.5 Å². The van der Waals surface area contributed by atoms with Crippen molar-refractivity contribution >= 4 is 17.8 Å². The predicted octanol–water partition coefficient (Wildman–Crippen LogP) is 4.32. The molecular formula is C19H17NO4S. The molecule has 0 saturated carbocycles. The molecule has 5 nitrogen and oxygen atoms in total. The highest BCUT2D eigenvalue weighted by Gasteiger charge is 2.17. The Labute approximate surface area is 150 Å². The summed E-state index contributed by atoms with van der Waals surface area (Å²) < 4.78 is 20.6. The number of aromatic nitrogens is 1. The van der Waals surface area contributed by atoms with Gasteiger partial charge in [0, 0.05) is 22.9 Å². The highest BCUT2D eigenvalue weighted by molar-refractivity contribution is 7.10. The summed E-state index contributed by atoms with van der Waals surface area (Å²) in [4.78, 5) is 11.8. The lowest BCUT2D eigenvalue weighted by Crippen LogP contribution is -1.95. The Kier molecular flexibility index (Phi) is 5.00. The molecule has 128 valence electrons. The van der Waals surface area contributed by atoms with Crippen LogP contribution in [0.25, 0.3) is 21.6 Å². The second-order valence-corrected chi connectivity index (χ2v) is 6.02. The highest BCUT2D eigenvalue weighted by atomic mass is 32.1. The Balaban J connectivity index is 2.11. The van der Waals surface area contributed by atoms with Crippen LogP contribution in [0.4, 0.5) is 0 Å². The van der Waals surface area contributed by atoms with Gasteiger partial charge < -0.3 is 14.2 Å². The van der Waals surface area contributed by atoms with Gasteiger partial charge in [-0.1, -0.05) is 24.3 Å². The first kappa shape index (κ1) is 17.0. The van der Waals surface area contributed by atoms with Gasteiger partial charge in [0.2, 0.25) is 5.75 Å². The molecule has 0 atom stereocenters. The van der Waals surface area contributed by atoms with Crippen LogP contribution in [0.3, 0.4) is 0 Å². The third-order valence-electron chi connectivity index (χ3n) is 3.86. The molecule has 0 aliphatic rings. The molecule has 1 heterocycles. The van der Waals surface area contributed by atoms with Crippen LogP contribution in [0.2, 0.25) is 0 Å². The predicted molar refractivity (Wildman–Crippen MR) is 98.0 cm³/mol. The summed E-state index contributed by atoms with van der Waals surface area (Å²) in [5, 5.41) is 0. The lowest BCUT2D eigenvalue weighted by molar-refractivity contribution is 0.112. The molecular weight excluding hydrogens is 338 g/mol. The minimum atomic E-state index is 0.551. The van der Waals surface area contributed by atoms with Gasteiger partial charge in [-0.3, -0.25) is 4.79 Å². The largest absolute Gasteiger partial charge is 0.493 e. The first-order valence-corrected chi connectivity index (χ1v) is 8.29. The van der Waals surface area contributed by atoms with Gasteiger partial charge in [0.25, 0.3) is 0 Å². The van der Waals surface area contributed by atoms with E-state index in [1.807, 2.05) is 30.5 Å². The summed E-state index contributed by atoms with van der Waals surface area (Å²) in [6.07, 6.45) is 2.65. The Morgan fingerprint density at radius 3 is 2.08 bits per heavy atom. The first-order valence-electron chi connectivity index (χ1n) is 7.52. The molecule has 2 aromatic carbocycles. The second-order valence-electron chi connectivity index (χ2n) is 5.22. The van der Waals surface area contributed by atoms with E-state index in [0.29, 0.717) is 22.8 Å². The van der Waals surface area contributed by atoms with Crippen LogP contribution in [0.1, 0.15) is 10.4 Å². The number of ether oxygens (including phenoxy) is 3. The average Bonchev–Trinajstić information content (AvgIpc) is 3.16. The quantitative estimate of drug-likeness (QED) is 0.617. The number of hydrogen-bond acceptors (Lipinski definition) is 6. The fourth-order valence-corrected chi connectivity index (χ4v) is 3.36. The molecule has 0 aliphatic carbocycles. The van der Waals surface area contributed by atoms with Crippen LogP contribution in [0.5, 0.6) is 17.2 Å². The minimum Gasteiger partial charge on any atom is -0.493 e. The first-order chi connectivity index (χ1) is 12.2. The van der Waals surface area contributed by atoms with Crippen molar-refractivity contribution in [3.63, 3.8) is 0 Å². The number of aldehydes is 1. The number of hydrogen-bond donors (Lipinski definition) is 0.